The number of carbonyl (C=O) groups excluding carboxylic acids is 1. The summed E-state index contributed by atoms with van der Waals surface area (Å²) < 4.78 is 0. The Morgan fingerprint density at radius 3 is 2.47 bits per heavy atom. The van der Waals surface area contributed by atoms with Gasteiger partial charge in [-0.25, -0.2) is 0 Å². The summed E-state index contributed by atoms with van der Waals surface area (Å²) in [6, 6.07) is 0.541. The lowest BCUT2D eigenvalue weighted by atomic mass is 9.92. The Morgan fingerprint density at radius 2 is 1.95 bits per heavy atom. The zero-order chi connectivity index (χ0) is 14.0. The van der Waals surface area contributed by atoms with Crippen LogP contribution in [0, 0.1) is 11.8 Å². The third-order valence-electron chi connectivity index (χ3n) is 5.31. The summed E-state index contributed by atoms with van der Waals surface area (Å²) in [5, 5.41) is 3.55. The molecule has 0 aromatic heterocycles. The van der Waals surface area contributed by atoms with Crippen molar-refractivity contribution in [1.82, 2.24) is 10.2 Å². The molecule has 2 rings (SSSR count). The molecule has 5 atom stereocenters. The molecule has 1 amide bonds. The van der Waals surface area contributed by atoms with Gasteiger partial charge in [-0.1, -0.05) is 40.5 Å². The number of amides is 1. The van der Waals surface area contributed by atoms with E-state index >= 15 is 0 Å². The van der Waals surface area contributed by atoms with Gasteiger partial charge < -0.3 is 4.90 Å². The van der Waals surface area contributed by atoms with Crippen molar-refractivity contribution in [2.45, 2.75) is 84.5 Å². The van der Waals surface area contributed by atoms with Crippen molar-refractivity contribution in [1.29, 1.82) is 0 Å². The van der Waals surface area contributed by atoms with E-state index in [0.29, 0.717) is 17.9 Å². The molecule has 3 nitrogen and oxygen atoms in total. The zero-order valence-electron chi connectivity index (χ0n) is 13.0. The monoisotopic (exact) mass is 266 g/mol. The Hall–Kier alpha value is -0.570. The molecular weight excluding hydrogens is 236 g/mol. The van der Waals surface area contributed by atoms with Gasteiger partial charge in [0, 0.05) is 6.04 Å². The second-order valence-corrected chi connectivity index (χ2v) is 6.35. The van der Waals surface area contributed by atoms with E-state index in [-0.39, 0.29) is 12.2 Å². The molecule has 0 aromatic carbocycles. The summed E-state index contributed by atoms with van der Waals surface area (Å²) in [6.45, 7) is 8.97. The minimum atomic E-state index is 0.0721. The second kappa shape index (κ2) is 6.25. The van der Waals surface area contributed by atoms with Gasteiger partial charge in [-0.15, -0.1) is 0 Å². The Labute approximate surface area is 118 Å². The number of hydrogen-bond acceptors (Lipinski definition) is 2. The molecule has 0 radical (unpaired) electrons. The van der Waals surface area contributed by atoms with Crippen molar-refractivity contribution in [3.05, 3.63) is 0 Å². The molecule has 110 valence electrons. The molecule has 2 fully saturated rings. The predicted molar refractivity (Wildman–Crippen MR) is 78.7 cm³/mol. The Bertz CT molecular complexity index is 318. The van der Waals surface area contributed by atoms with E-state index in [1.807, 2.05) is 0 Å². The first-order valence-electron chi connectivity index (χ1n) is 8.22. The van der Waals surface area contributed by atoms with Gasteiger partial charge in [-0.2, -0.15) is 0 Å². The average Bonchev–Trinajstić information content (AvgIpc) is 2.91. The SMILES string of the molecule is CCCC1NC(CC)N(C2CCC(CC)C2C)C1=O. The summed E-state index contributed by atoms with van der Waals surface area (Å²) in [6.07, 6.45) is 7.08. The van der Waals surface area contributed by atoms with Crippen molar-refractivity contribution in [2.75, 3.05) is 0 Å². The van der Waals surface area contributed by atoms with Crippen LogP contribution in [0.3, 0.4) is 0 Å². The van der Waals surface area contributed by atoms with Crippen molar-refractivity contribution in [3.63, 3.8) is 0 Å². The lowest BCUT2D eigenvalue weighted by Gasteiger charge is -2.33. The molecule has 2 aliphatic rings. The summed E-state index contributed by atoms with van der Waals surface area (Å²) >= 11 is 0. The summed E-state index contributed by atoms with van der Waals surface area (Å²) in [5.41, 5.74) is 0. The van der Waals surface area contributed by atoms with Gasteiger partial charge in [0.1, 0.15) is 0 Å². The molecule has 1 saturated carbocycles. The molecule has 19 heavy (non-hydrogen) atoms. The van der Waals surface area contributed by atoms with Gasteiger partial charge in [0.2, 0.25) is 5.91 Å². The Morgan fingerprint density at radius 1 is 1.21 bits per heavy atom. The highest BCUT2D eigenvalue weighted by Gasteiger charge is 2.45. The highest BCUT2D eigenvalue weighted by atomic mass is 16.2. The normalized spacial score (nSPS) is 39.3. The Balaban J connectivity index is 2.11. The number of nitrogens with one attached hydrogen (secondary N) is 1. The highest BCUT2D eigenvalue weighted by Crippen LogP contribution is 2.39. The maximum Gasteiger partial charge on any atom is 0.241 e. The maximum absolute atomic E-state index is 12.7. The van der Waals surface area contributed by atoms with E-state index < -0.39 is 0 Å². The topological polar surface area (TPSA) is 32.3 Å². The third kappa shape index (κ3) is 2.67. The molecular formula is C16H30N2O. The number of hydrogen-bond donors (Lipinski definition) is 1. The average molecular weight is 266 g/mol. The second-order valence-electron chi connectivity index (χ2n) is 6.35. The molecule has 3 heteroatoms. The van der Waals surface area contributed by atoms with Crippen LogP contribution in [-0.4, -0.2) is 29.1 Å². The number of nitrogens with zero attached hydrogens (tertiary/aromatic N) is 1. The maximum atomic E-state index is 12.7. The minimum Gasteiger partial charge on any atom is -0.323 e. The lowest BCUT2D eigenvalue weighted by Crippen LogP contribution is -2.46. The lowest BCUT2D eigenvalue weighted by molar-refractivity contribution is -0.133. The Kier molecular flexibility index (Phi) is 4.88. The fourth-order valence-electron chi connectivity index (χ4n) is 4.12. The first kappa shape index (κ1) is 14.8. The van der Waals surface area contributed by atoms with Crippen LogP contribution >= 0.6 is 0 Å². The largest absolute Gasteiger partial charge is 0.323 e. The number of rotatable bonds is 5. The van der Waals surface area contributed by atoms with Crippen LogP contribution in [0.25, 0.3) is 0 Å². The first-order chi connectivity index (χ1) is 9.13. The van der Waals surface area contributed by atoms with Crippen LogP contribution in [-0.2, 0) is 4.79 Å². The molecule has 1 aliphatic carbocycles. The van der Waals surface area contributed by atoms with E-state index in [2.05, 4.69) is 37.9 Å². The smallest absolute Gasteiger partial charge is 0.241 e. The molecule has 5 unspecified atom stereocenters. The van der Waals surface area contributed by atoms with E-state index in [4.69, 9.17) is 0 Å². The molecule has 1 saturated heterocycles. The van der Waals surface area contributed by atoms with Crippen molar-refractivity contribution in [2.24, 2.45) is 11.8 Å². The van der Waals surface area contributed by atoms with Crippen molar-refractivity contribution >= 4 is 5.91 Å². The summed E-state index contributed by atoms with van der Waals surface area (Å²) in [5.74, 6) is 1.83. The third-order valence-corrected chi connectivity index (χ3v) is 5.31. The van der Waals surface area contributed by atoms with Crippen LogP contribution in [0.1, 0.15) is 66.2 Å². The quantitative estimate of drug-likeness (QED) is 0.829. The van der Waals surface area contributed by atoms with Gasteiger partial charge in [0.25, 0.3) is 0 Å². The molecule has 1 N–H and O–H groups in total. The van der Waals surface area contributed by atoms with E-state index in [1.54, 1.807) is 0 Å². The summed E-state index contributed by atoms with van der Waals surface area (Å²) in [4.78, 5) is 14.9. The highest BCUT2D eigenvalue weighted by molar-refractivity contribution is 5.84. The molecule has 1 heterocycles. The van der Waals surface area contributed by atoms with E-state index in [9.17, 15) is 4.79 Å². The fraction of sp³-hybridized carbons (Fsp3) is 0.938. The van der Waals surface area contributed by atoms with Crippen LogP contribution in [0.2, 0.25) is 0 Å². The molecule has 0 bridgehead atoms. The number of carbonyl (C=O) groups is 1. The van der Waals surface area contributed by atoms with Crippen LogP contribution in [0.5, 0.6) is 0 Å². The van der Waals surface area contributed by atoms with Crippen molar-refractivity contribution in [3.8, 4) is 0 Å². The first-order valence-corrected chi connectivity index (χ1v) is 8.22. The van der Waals surface area contributed by atoms with Gasteiger partial charge in [-0.3, -0.25) is 10.1 Å². The standard InChI is InChI=1S/C16H30N2O/c1-5-8-13-16(19)18(15(7-3)17-13)14-10-9-12(6-2)11(14)4/h11-15,17H,5-10H2,1-4H3. The fourth-order valence-corrected chi connectivity index (χ4v) is 4.12. The van der Waals surface area contributed by atoms with E-state index in [1.165, 1.54) is 19.3 Å². The van der Waals surface area contributed by atoms with Gasteiger partial charge >= 0.3 is 0 Å². The van der Waals surface area contributed by atoms with Gasteiger partial charge in [0.05, 0.1) is 12.2 Å². The van der Waals surface area contributed by atoms with Crippen LogP contribution in [0.15, 0.2) is 0 Å². The summed E-state index contributed by atoms with van der Waals surface area (Å²) in [7, 11) is 0. The molecule has 0 aromatic rings. The minimum absolute atomic E-state index is 0.0721. The van der Waals surface area contributed by atoms with Crippen LogP contribution in [0.4, 0.5) is 0 Å². The van der Waals surface area contributed by atoms with Gasteiger partial charge in [-0.05, 0) is 37.5 Å². The predicted octanol–water partition coefficient (Wildman–Crippen LogP) is 3.15. The van der Waals surface area contributed by atoms with Gasteiger partial charge in [0.15, 0.2) is 0 Å². The van der Waals surface area contributed by atoms with E-state index in [0.717, 1.165) is 25.2 Å². The van der Waals surface area contributed by atoms with Crippen LogP contribution < -0.4 is 5.32 Å². The van der Waals surface area contributed by atoms with Crippen molar-refractivity contribution < 1.29 is 4.79 Å². The molecule has 0 spiro atoms. The molecule has 1 aliphatic heterocycles. The zero-order valence-corrected chi connectivity index (χ0v) is 13.0.